The summed E-state index contributed by atoms with van der Waals surface area (Å²) >= 11 is 1.52. The van der Waals surface area contributed by atoms with E-state index in [1.807, 2.05) is 4.90 Å². The minimum Gasteiger partial charge on any atom is -0.465 e. The van der Waals surface area contributed by atoms with Gasteiger partial charge in [-0.25, -0.2) is 4.79 Å². The van der Waals surface area contributed by atoms with E-state index in [0.29, 0.717) is 5.75 Å². The number of methoxy groups -OCH3 is 1. The molecular formula is C11H21N2O3S+. The van der Waals surface area contributed by atoms with E-state index in [-0.39, 0.29) is 17.1 Å². The summed E-state index contributed by atoms with van der Waals surface area (Å²) in [5, 5.41) is -0.00421. The van der Waals surface area contributed by atoms with Gasteiger partial charge in [0.2, 0.25) is 5.91 Å². The van der Waals surface area contributed by atoms with Gasteiger partial charge >= 0.3 is 5.97 Å². The SMILES string of the molecule is CCCN1CCC(SC[C@H]([NH3+])C(=O)OC)C1=O. The summed E-state index contributed by atoms with van der Waals surface area (Å²) in [6.45, 7) is 3.74. The molecule has 1 saturated heterocycles. The summed E-state index contributed by atoms with van der Waals surface area (Å²) in [4.78, 5) is 25.0. The number of carbonyl (C=O) groups is 2. The van der Waals surface area contributed by atoms with Gasteiger partial charge < -0.3 is 15.4 Å². The maximum absolute atomic E-state index is 11.9. The molecule has 1 fully saturated rings. The van der Waals surface area contributed by atoms with Gasteiger partial charge in [-0.1, -0.05) is 6.92 Å². The molecule has 0 aliphatic carbocycles. The van der Waals surface area contributed by atoms with Crippen molar-refractivity contribution < 1.29 is 20.1 Å². The lowest BCUT2D eigenvalue weighted by atomic mass is 10.4. The Morgan fingerprint density at radius 1 is 1.71 bits per heavy atom. The number of amides is 1. The molecule has 0 spiro atoms. The summed E-state index contributed by atoms with van der Waals surface area (Å²) in [6.07, 6.45) is 1.86. The van der Waals surface area contributed by atoms with Crippen molar-refractivity contribution in [3.63, 3.8) is 0 Å². The molecule has 0 saturated carbocycles. The lowest BCUT2D eigenvalue weighted by Gasteiger charge is -2.15. The monoisotopic (exact) mass is 261 g/mol. The van der Waals surface area contributed by atoms with Crippen molar-refractivity contribution in [3.8, 4) is 0 Å². The van der Waals surface area contributed by atoms with E-state index in [9.17, 15) is 9.59 Å². The predicted molar refractivity (Wildman–Crippen MR) is 66.4 cm³/mol. The third-order valence-electron chi connectivity index (χ3n) is 2.77. The number of quaternary nitrogens is 1. The number of esters is 1. The lowest BCUT2D eigenvalue weighted by Crippen LogP contribution is -2.66. The lowest BCUT2D eigenvalue weighted by molar-refractivity contribution is -0.400. The third-order valence-corrected chi connectivity index (χ3v) is 4.21. The van der Waals surface area contributed by atoms with Gasteiger partial charge in [0.05, 0.1) is 18.1 Å². The van der Waals surface area contributed by atoms with Crippen LogP contribution >= 0.6 is 11.8 Å². The zero-order valence-electron chi connectivity index (χ0n) is 10.5. The average Bonchev–Trinajstić information content (AvgIpc) is 2.67. The molecule has 1 aliphatic rings. The third kappa shape index (κ3) is 3.89. The first kappa shape index (κ1) is 14.3. The molecule has 2 atom stereocenters. The minimum absolute atomic E-state index is 0.00421. The van der Waals surface area contributed by atoms with Crippen molar-refractivity contribution in [2.45, 2.75) is 31.1 Å². The number of carbonyl (C=O) groups excluding carboxylic acids is 2. The highest BCUT2D eigenvalue weighted by Gasteiger charge is 2.32. The van der Waals surface area contributed by atoms with Crippen LogP contribution in [0.5, 0.6) is 0 Å². The average molecular weight is 261 g/mol. The molecule has 0 aromatic carbocycles. The fourth-order valence-electron chi connectivity index (χ4n) is 1.82. The second kappa shape index (κ2) is 6.86. The Kier molecular flexibility index (Phi) is 5.77. The Morgan fingerprint density at radius 3 is 3.00 bits per heavy atom. The molecule has 3 N–H and O–H groups in total. The Balaban J connectivity index is 2.34. The van der Waals surface area contributed by atoms with E-state index in [0.717, 1.165) is 25.9 Å². The fraction of sp³-hybridized carbons (Fsp3) is 0.818. The van der Waals surface area contributed by atoms with Gasteiger partial charge in [-0.05, 0) is 12.8 Å². The van der Waals surface area contributed by atoms with E-state index in [4.69, 9.17) is 0 Å². The second-order valence-corrected chi connectivity index (χ2v) is 5.39. The standard InChI is InChI=1S/C11H20N2O3S/c1-3-5-13-6-4-9(10(13)14)17-7-8(12)11(15)16-2/h8-9H,3-7,12H2,1-2H3/p+1/t8-,9?/m0/s1. The van der Waals surface area contributed by atoms with E-state index in [1.54, 1.807) is 0 Å². The van der Waals surface area contributed by atoms with Gasteiger partial charge in [-0.3, -0.25) is 4.79 Å². The Morgan fingerprint density at radius 2 is 2.41 bits per heavy atom. The topological polar surface area (TPSA) is 74.2 Å². The van der Waals surface area contributed by atoms with Crippen LogP contribution in [0, 0.1) is 0 Å². The number of likely N-dealkylation sites (tertiary alicyclic amines) is 1. The Hall–Kier alpha value is -0.750. The maximum atomic E-state index is 11.9. The van der Waals surface area contributed by atoms with Gasteiger partial charge in [-0.15, -0.1) is 11.8 Å². The van der Waals surface area contributed by atoms with Gasteiger partial charge in [0.25, 0.3) is 0 Å². The van der Waals surface area contributed by atoms with Crippen LogP contribution in [-0.2, 0) is 14.3 Å². The number of rotatable bonds is 6. The van der Waals surface area contributed by atoms with E-state index < -0.39 is 6.04 Å². The zero-order chi connectivity index (χ0) is 12.8. The smallest absolute Gasteiger partial charge is 0.365 e. The highest BCUT2D eigenvalue weighted by Crippen LogP contribution is 2.24. The van der Waals surface area contributed by atoms with Crippen LogP contribution in [-0.4, -0.2) is 54.0 Å². The van der Waals surface area contributed by atoms with Crippen LogP contribution in [0.25, 0.3) is 0 Å². The number of hydrogen-bond acceptors (Lipinski definition) is 4. The van der Waals surface area contributed by atoms with Crippen molar-refractivity contribution in [1.82, 2.24) is 4.90 Å². The number of thioether (sulfide) groups is 1. The van der Waals surface area contributed by atoms with E-state index in [1.165, 1.54) is 18.9 Å². The molecule has 17 heavy (non-hydrogen) atoms. The normalized spacial score (nSPS) is 21.7. The van der Waals surface area contributed by atoms with Gasteiger partial charge in [0.1, 0.15) is 0 Å². The zero-order valence-corrected chi connectivity index (χ0v) is 11.3. The van der Waals surface area contributed by atoms with Gasteiger partial charge in [0.15, 0.2) is 6.04 Å². The van der Waals surface area contributed by atoms with E-state index >= 15 is 0 Å². The van der Waals surface area contributed by atoms with Gasteiger partial charge in [0, 0.05) is 13.1 Å². The molecule has 6 heteroatoms. The summed E-state index contributed by atoms with van der Waals surface area (Å²) in [5.74, 6) is 0.436. The quantitative estimate of drug-likeness (QED) is 0.655. The number of nitrogens with zero attached hydrogens (tertiary/aromatic N) is 1. The molecule has 5 nitrogen and oxygen atoms in total. The van der Waals surface area contributed by atoms with Crippen molar-refractivity contribution >= 4 is 23.6 Å². The van der Waals surface area contributed by atoms with Gasteiger partial charge in [-0.2, -0.15) is 0 Å². The van der Waals surface area contributed by atoms with Crippen LogP contribution in [0.3, 0.4) is 0 Å². The Bertz CT molecular complexity index is 286. The van der Waals surface area contributed by atoms with Crippen LogP contribution in [0.15, 0.2) is 0 Å². The first-order chi connectivity index (χ1) is 8.10. The molecule has 0 aromatic heterocycles. The molecule has 1 unspecified atom stereocenters. The molecule has 98 valence electrons. The van der Waals surface area contributed by atoms with Crippen molar-refractivity contribution in [2.24, 2.45) is 0 Å². The first-order valence-electron chi connectivity index (χ1n) is 5.91. The molecule has 0 aromatic rings. The molecule has 1 rings (SSSR count). The van der Waals surface area contributed by atoms with Crippen LogP contribution in [0.4, 0.5) is 0 Å². The summed E-state index contributed by atoms with van der Waals surface area (Å²) in [7, 11) is 1.36. The van der Waals surface area contributed by atoms with Crippen LogP contribution < -0.4 is 5.73 Å². The van der Waals surface area contributed by atoms with Crippen molar-refractivity contribution in [3.05, 3.63) is 0 Å². The second-order valence-electron chi connectivity index (χ2n) is 4.16. The predicted octanol–water partition coefficient (Wildman–Crippen LogP) is -0.486. The minimum atomic E-state index is -0.391. The maximum Gasteiger partial charge on any atom is 0.365 e. The molecule has 1 heterocycles. The fourth-order valence-corrected chi connectivity index (χ4v) is 2.99. The summed E-state index contributed by atoms with van der Waals surface area (Å²) < 4.78 is 4.60. The molecule has 1 aliphatic heterocycles. The molecule has 1 amide bonds. The highest BCUT2D eigenvalue weighted by atomic mass is 32.2. The highest BCUT2D eigenvalue weighted by molar-refractivity contribution is 8.00. The summed E-state index contributed by atoms with van der Waals surface area (Å²) in [6, 6.07) is -0.391. The van der Waals surface area contributed by atoms with Crippen LogP contribution in [0.2, 0.25) is 0 Å². The first-order valence-corrected chi connectivity index (χ1v) is 6.96. The van der Waals surface area contributed by atoms with Crippen molar-refractivity contribution in [1.29, 1.82) is 0 Å². The molecular weight excluding hydrogens is 240 g/mol. The van der Waals surface area contributed by atoms with Crippen LogP contribution in [0.1, 0.15) is 19.8 Å². The molecule has 0 radical (unpaired) electrons. The van der Waals surface area contributed by atoms with Crippen molar-refractivity contribution in [2.75, 3.05) is 26.0 Å². The number of ether oxygens (including phenoxy) is 1. The number of hydrogen-bond donors (Lipinski definition) is 1. The summed E-state index contributed by atoms with van der Waals surface area (Å²) in [5.41, 5.74) is 3.73. The Labute approximate surface area is 106 Å². The largest absolute Gasteiger partial charge is 0.465 e. The molecule has 0 bridgehead atoms. The van der Waals surface area contributed by atoms with E-state index in [2.05, 4.69) is 17.4 Å².